The molecular weight excluding hydrogens is 503 g/mol. The lowest BCUT2D eigenvalue weighted by Crippen LogP contribution is -2.29. The number of benzene rings is 6. The highest BCUT2D eigenvalue weighted by Crippen LogP contribution is 2.38. The third-order valence-corrected chi connectivity index (χ3v) is 8.12. The zero-order valence-corrected chi connectivity index (χ0v) is 22.1. The van der Waals surface area contributed by atoms with Gasteiger partial charge in [0.15, 0.2) is 0 Å². The van der Waals surface area contributed by atoms with E-state index in [-0.39, 0.29) is 0 Å². The van der Waals surface area contributed by atoms with Crippen LogP contribution in [0.15, 0.2) is 140 Å². The van der Waals surface area contributed by atoms with Crippen LogP contribution in [0.4, 0.5) is 0 Å². The summed E-state index contributed by atoms with van der Waals surface area (Å²) in [7, 11) is -1.53. The van der Waals surface area contributed by atoms with E-state index in [0.717, 1.165) is 44.3 Å². The van der Waals surface area contributed by atoms with Crippen molar-refractivity contribution in [2.24, 2.45) is 0 Å². The van der Waals surface area contributed by atoms with Gasteiger partial charge in [0, 0.05) is 32.9 Å². The minimum Gasteiger partial charge on any atom is -0.423 e. The third-order valence-electron chi connectivity index (χ3n) is 8.12. The molecule has 0 aliphatic carbocycles. The molecule has 2 aromatic heterocycles. The van der Waals surface area contributed by atoms with Crippen molar-refractivity contribution < 1.29 is 10.0 Å². The monoisotopic (exact) mass is 528 g/mol. The van der Waals surface area contributed by atoms with Gasteiger partial charge in [-0.2, -0.15) is 0 Å². The molecule has 5 heteroatoms. The van der Waals surface area contributed by atoms with Crippen LogP contribution in [0.5, 0.6) is 0 Å². The molecular formula is C36H25BN2O2. The van der Waals surface area contributed by atoms with Gasteiger partial charge < -0.3 is 19.2 Å². The highest BCUT2D eigenvalue weighted by Gasteiger charge is 2.18. The molecule has 0 atom stereocenters. The highest BCUT2D eigenvalue weighted by atomic mass is 16.4. The van der Waals surface area contributed by atoms with Crippen molar-refractivity contribution in [3.63, 3.8) is 0 Å². The second-order valence-corrected chi connectivity index (χ2v) is 10.5. The van der Waals surface area contributed by atoms with E-state index in [4.69, 9.17) is 0 Å². The Hall–Kier alpha value is -5.10. The average Bonchev–Trinajstić information content (AvgIpc) is 3.53. The Balaban J connectivity index is 1.37. The number of aromatic nitrogens is 2. The van der Waals surface area contributed by atoms with Gasteiger partial charge in [0.05, 0.1) is 22.1 Å². The van der Waals surface area contributed by atoms with E-state index in [1.54, 1.807) is 6.07 Å². The van der Waals surface area contributed by atoms with Crippen LogP contribution < -0.4 is 5.46 Å². The van der Waals surface area contributed by atoms with Crippen molar-refractivity contribution in [2.45, 2.75) is 0 Å². The van der Waals surface area contributed by atoms with E-state index in [1.807, 2.05) is 36.4 Å². The first-order valence-corrected chi connectivity index (χ1v) is 13.8. The fourth-order valence-electron chi connectivity index (χ4n) is 6.24. The average molecular weight is 528 g/mol. The van der Waals surface area contributed by atoms with Crippen molar-refractivity contribution in [1.29, 1.82) is 0 Å². The molecule has 0 aliphatic heterocycles. The van der Waals surface area contributed by atoms with E-state index < -0.39 is 7.12 Å². The van der Waals surface area contributed by atoms with Gasteiger partial charge in [0.1, 0.15) is 0 Å². The number of rotatable bonds is 4. The molecule has 6 aromatic carbocycles. The Labute approximate surface area is 237 Å². The summed E-state index contributed by atoms with van der Waals surface area (Å²) in [6.45, 7) is 0. The van der Waals surface area contributed by atoms with Crippen LogP contribution in [-0.2, 0) is 0 Å². The summed E-state index contributed by atoms with van der Waals surface area (Å²) in [6, 6.07) is 48.3. The molecule has 0 saturated carbocycles. The second-order valence-electron chi connectivity index (χ2n) is 10.5. The zero-order valence-electron chi connectivity index (χ0n) is 22.1. The van der Waals surface area contributed by atoms with Crippen molar-refractivity contribution in [3.8, 4) is 22.5 Å². The van der Waals surface area contributed by atoms with Crippen molar-refractivity contribution in [2.75, 3.05) is 0 Å². The Kier molecular flexibility index (Phi) is 5.35. The normalized spacial score (nSPS) is 11.7. The first kappa shape index (κ1) is 23.8. The van der Waals surface area contributed by atoms with E-state index in [0.29, 0.717) is 5.46 Å². The van der Waals surface area contributed by atoms with Crippen molar-refractivity contribution in [3.05, 3.63) is 140 Å². The fraction of sp³-hybridized carbons (Fsp3) is 0. The van der Waals surface area contributed by atoms with Crippen LogP contribution in [0.3, 0.4) is 0 Å². The second kappa shape index (κ2) is 9.24. The quantitative estimate of drug-likeness (QED) is 0.237. The zero-order chi connectivity index (χ0) is 27.5. The SMILES string of the molecule is OB(O)c1ccc2c(c1)c1cc(-c3ccc4c(c3)c3ccccc3n4-c3ccccc3)ccc1n2-c1ccccc1. The highest BCUT2D eigenvalue weighted by molar-refractivity contribution is 6.59. The van der Waals surface area contributed by atoms with E-state index in [9.17, 15) is 10.0 Å². The number of hydrogen-bond acceptors (Lipinski definition) is 2. The van der Waals surface area contributed by atoms with Gasteiger partial charge in [-0.15, -0.1) is 0 Å². The summed E-state index contributed by atoms with van der Waals surface area (Å²) in [4.78, 5) is 0. The van der Waals surface area contributed by atoms with Crippen LogP contribution >= 0.6 is 0 Å². The van der Waals surface area contributed by atoms with Gasteiger partial charge in [0.2, 0.25) is 0 Å². The first-order valence-electron chi connectivity index (χ1n) is 13.8. The molecule has 0 fully saturated rings. The molecule has 2 heterocycles. The lowest BCUT2D eigenvalue weighted by atomic mass is 9.80. The van der Waals surface area contributed by atoms with Crippen LogP contribution in [0.2, 0.25) is 0 Å². The summed E-state index contributed by atoms with van der Waals surface area (Å²) in [6.07, 6.45) is 0. The minimum absolute atomic E-state index is 0.477. The van der Waals surface area contributed by atoms with Crippen molar-refractivity contribution in [1.82, 2.24) is 9.13 Å². The predicted molar refractivity (Wildman–Crippen MR) is 170 cm³/mol. The van der Waals surface area contributed by atoms with Gasteiger partial charge in [-0.3, -0.25) is 0 Å². The Bertz CT molecular complexity index is 2230. The summed E-state index contributed by atoms with van der Waals surface area (Å²) in [5.41, 5.74) is 9.37. The molecule has 4 nitrogen and oxygen atoms in total. The molecule has 8 rings (SSSR count). The van der Waals surface area contributed by atoms with Gasteiger partial charge in [-0.05, 0) is 77.3 Å². The topological polar surface area (TPSA) is 50.3 Å². The standard InChI is InChI=1S/C36H25BN2O2/c40-37(41)26-17-20-36-32(23-26)31-22-25(16-19-35(31)39(36)28-11-5-2-6-12-28)24-15-18-34-30(21-24)29-13-7-8-14-33(29)38(34)27-9-3-1-4-10-27/h1-23,40-41H. The lowest BCUT2D eigenvalue weighted by Gasteiger charge is -2.09. The molecule has 0 unspecified atom stereocenters. The molecule has 0 bridgehead atoms. The van der Waals surface area contributed by atoms with Gasteiger partial charge >= 0.3 is 7.12 Å². The molecule has 41 heavy (non-hydrogen) atoms. The molecule has 0 saturated heterocycles. The predicted octanol–water partition coefficient (Wildman–Crippen LogP) is 7.23. The minimum atomic E-state index is -1.53. The summed E-state index contributed by atoms with van der Waals surface area (Å²) in [5, 5.41) is 24.3. The molecule has 2 N–H and O–H groups in total. The Morgan fingerprint density at radius 1 is 0.390 bits per heavy atom. The van der Waals surface area contributed by atoms with E-state index in [2.05, 4.69) is 106 Å². The maximum Gasteiger partial charge on any atom is 0.488 e. The number of fused-ring (bicyclic) bond motifs is 6. The van der Waals surface area contributed by atoms with Gasteiger partial charge in [0.25, 0.3) is 0 Å². The molecule has 8 aromatic rings. The summed E-state index contributed by atoms with van der Waals surface area (Å²) >= 11 is 0. The molecule has 0 radical (unpaired) electrons. The fourth-order valence-corrected chi connectivity index (χ4v) is 6.24. The molecule has 0 aliphatic rings. The molecule has 0 spiro atoms. The van der Waals surface area contributed by atoms with Crippen LogP contribution in [0, 0.1) is 0 Å². The van der Waals surface area contributed by atoms with E-state index >= 15 is 0 Å². The van der Waals surface area contributed by atoms with Gasteiger partial charge in [-0.1, -0.05) is 78.9 Å². The van der Waals surface area contributed by atoms with Crippen molar-refractivity contribution >= 4 is 56.2 Å². The Morgan fingerprint density at radius 2 is 0.829 bits per heavy atom. The van der Waals surface area contributed by atoms with Crippen LogP contribution in [0.25, 0.3) is 66.1 Å². The first-order chi connectivity index (χ1) is 20.2. The largest absolute Gasteiger partial charge is 0.488 e. The summed E-state index contributed by atoms with van der Waals surface area (Å²) < 4.78 is 4.56. The maximum atomic E-state index is 9.93. The summed E-state index contributed by atoms with van der Waals surface area (Å²) in [5.74, 6) is 0. The number of nitrogens with zero attached hydrogens (tertiary/aromatic N) is 2. The Morgan fingerprint density at radius 3 is 1.39 bits per heavy atom. The lowest BCUT2D eigenvalue weighted by molar-refractivity contribution is 0.426. The molecule has 194 valence electrons. The van der Waals surface area contributed by atoms with E-state index in [1.165, 1.54) is 21.8 Å². The van der Waals surface area contributed by atoms with Crippen LogP contribution in [-0.4, -0.2) is 26.3 Å². The number of hydrogen-bond donors (Lipinski definition) is 2. The van der Waals surface area contributed by atoms with Gasteiger partial charge in [-0.25, -0.2) is 0 Å². The maximum absolute atomic E-state index is 9.93. The third kappa shape index (κ3) is 3.71. The van der Waals surface area contributed by atoms with Crippen LogP contribution in [0.1, 0.15) is 0 Å². The number of para-hydroxylation sites is 3. The molecule has 0 amide bonds. The smallest absolute Gasteiger partial charge is 0.423 e.